The molecule has 4 rings (SSSR count). The SMILES string of the molecule is CCn1c(SCC(=O)Nc2nc(-c3ccc(C)cc3)cs2)nnc1-c1cccc(C)c1. The molecule has 0 unspecified atom stereocenters. The third-order valence-electron chi connectivity index (χ3n) is 4.74. The molecule has 0 saturated heterocycles. The van der Waals surface area contributed by atoms with Gasteiger partial charge in [0.1, 0.15) is 0 Å². The molecular weight excluding hydrogens is 426 g/mol. The summed E-state index contributed by atoms with van der Waals surface area (Å²) in [6.07, 6.45) is 0. The molecule has 0 fully saturated rings. The molecule has 4 aromatic rings. The first kappa shape index (κ1) is 21.3. The van der Waals surface area contributed by atoms with Gasteiger partial charge in [-0.2, -0.15) is 0 Å². The fourth-order valence-corrected chi connectivity index (χ4v) is 4.69. The monoisotopic (exact) mass is 449 g/mol. The highest BCUT2D eigenvalue weighted by Gasteiger charge is 2.15. The summed E-state index contributed by atoms with van der Waals surface area (Å²) in [5.41, 5.74) is 5.30. The van der Waals surface area contributed by atoms with Crippen LogP contribution in [-0.2, 0) is 11.3 Å². The Kier molecular flexibility index (Phi) is 6.48. The molecule has 0 radical (unpaired) electrons. The van der Waals surface area contributed by atoms with Crippen molar-refractivity contribution >= 4 is 34.1 Å². The first-order valence-corrected chi connectivity index (χ1v) is 11.9. The molecule has 2 aromatic heterocycles. The Labute approximate surface area is 189 Å². The number of rotatable bonds is 7. The number of thioether (sulfide) groups is 1. The number of aromatic nitrogens is 4. The van der Waals surface area contributed by atoms with Crippen LogP contribution in [0.25, 0.3) is 22.6 Å². The van der Waals surface area contributed by atoms with Gasteiger partial charge in [0.25, 0.3) is 0 Å². The summed E-state index contributed by atoms with van der Waals surface area (Å²) >= 11 is 2.80. The summed E-state index contributed by atoms with van der Waals surface area (Å²) in [7, 11) is 0. The third kappa shape index (κ3) is 5.03. The van der Waals surface area contributed by atoms with Gasteiger partial charge in [-0.3, -0.25) is 4.79 Å². The minimum atomic E-state index is -0.113. The Bertz CT molecular complexity index is 1200. The van der Waals surface area contributed by atoms with Crippen molar-refractivity contribution in [2.75, 3.05) is 11.1 Å². The van der Waals surface area contributed by atoms with Crippen molar-refractivity contribution in [1.82, 2.24) is 19.7 Å². The molecule has 1 amide bonds. The Hall–Kier alpha value is -2.97. The van der Waals surface area contributed by atoms with Gasteiger partial charge in [0.05, 0.1) is 11.4 Å². The van der Waals surface area contributed by atoms with Crippen LogP contribution in [0.1, 0.15) is 18.1 Å². The van der Waals surface area contributed by atoms with Gasteiger partial charge in [-0.1, -0.05) is 65.4 Å². The minimum absolute atomic E-state index is 0.113. The van der Waals surface area contributed by atoms with E-state index in [2.05, 4.69) is 65.5 Å². The summed E-state index contributed by atoms with van der Waals surface area (Å²) in [5.74, 6) is 0.945. The zero-order chi connectivity index (χ0) is 21.8. The van der Waals surface area contributed by atoms with E-state index in [4.69, 9.17) is 0 Å². The number of carbonyl (C=O) groups excluding carboxylic acids is 1. The van der Waals surface area contributed by atoms with Crippen molar-refractivity contribution in [2.24, 2.45) is 0 Å². The van der Waals surface area contributed by atoms with Crippen molar-refractivity contribution in [3.63, 3.8) is 0 Å². The highest BCUT2D eigenvalue weighted by molar-refractivity contribution is 7.99. The maximum absolute atomic E-state index is 12.5. The Morgan fingerprint density at radius 1 is 1.06 bits per heavy atom. The topological polar surface area (TPSA) is 72.7 Å². The predicted octanol–water partition coefficient (Wildman–Crippen LogP) is 5.44. The Morgan fingerprint density at radius 3 is 2.61 bits per heavy atom. The van der Waals surface area contributed by atoms with Gasteiger partial charge in [-0.05, 0) is 26.8 Å². The van der Waals surface area contributed by atoms with Gasteiger partial charge in [0, 0.05) is 23.1 Å². The van der Waals surface area contributed by atoms with Crippen LogP contribution in [0.3, 0.4) is 0 Å². The fraction of sp³-hybridized carbons (Fsp3) is 0.217. The second kappa shape index (κ2) is 9.45. The average Bonchev–Trinajstić information content (AvgIpc) is 3.39. The van der Waals surface area contributed by atoms with E-state index < -0.39 is 0 Å². The summed E-state index contributed by atoms with van der Waals surface area (Å²) in [6, 6.07) is 16.4. The van der Waals surface area contributed by atoms with E-state index in [0.29, 0.717) is 5.13 Å². The van der Waals surface area contributed by atoms with Crippen LogP contribution < -0.4 is 5.32 Å². The Morgan fingerprint density at radius 2 is 1.87 bits per heavy atom. The Balaban J connectivity index is 1.40. The number of nitrogens with zero attached hydrogens (tertiary/aromatic N) is 4. The highest BCUT2D eigenvalue weighted by Crippen LogP contribution is 2.27. The second-order valence-electron chi connectivity index (χ2n) is 7.16. The number of amides is 1. The van der Waals surface area contributed by atoms with Crippen LogP contribution in [0.5, 0.6) is 0 Å². The molecule has 158 valence electrons. The van der Waals surface area contributed by atoms with Gasteiger partial charge in [-0.15, -0.1) is 21.5 Å². The molecule has 6 nitrogen and oxygen atoms in total. The second-order valence-corrected chi connectivity index (χ2v) is 8.96. The van der Waals surface area contributed by atoms with Gasteiger partial charge in [0.15, 0.2) is 16.1 Å². The summed E-state index contributed by atoms with van der Waals surface area (Å²) < 4.78 is 2.03. The first-order chi connectivity index (χ1) is 15.0. The lowest BCUT2D eigenvalue weighted by molar-refractivity contribution is -0.113. The van der Waals surface area contributed by atoms with E-state index in [1.54, 1.807) is 0 Å². The van der Waals surface area contributed by atoms with Crippen molar-refractivity contribution in [1.29, 1.82) is 0 Å². The largest absolute Gasteiger partial charge is 0.302 e. The molecule has 0 saturated carbocycles. The van der Waals surface area contributed by atoms with E-state index in [1.165, 1.54) is 34.2 Å². The molecule has 2 aromatic carbocycles. The summed E-state index contributed by atoms with van der Waals surface area (Å²) in [5, 5.41) is 14.8. The molecule has 0 spiro atoms. The molecule has 8 heteroatoms. The molecule has 0 aliphatic carbocycles. The smallest absolute Gasteiger partial charge is 0.236 e. The van der Waals surface area contributed by atoms with Crippen molar-refractivity contribution in [3.8, 4) is 22.6 Å². The molecule has 0 aliphatic rings. The lowest BCUT2D eigenvalue weighted by Crippen LogP contribution is -2.14. The lowest BCUT2D eigenvalue weighted by atomic mass is 10.1. The van der Waals surface area contributed by atoms with E-state index in [9.17, 15) is 4.79 Å². The van der Waals surface area contributed by atoms with Crippen LogP contribution in [0.4, 0.5) is 5.13 Å². The number of anilines is 1. The number of carbonyl (C=O) groups is 1. The van der Waals surface area contributed by atoms with Crippen LogP contribution >= 0.6 is 23.1 Å². The zero-order valence-corrected chi connectivity index (χ0v) is 19.3. The first-order valence-electron chi connectivity index (χ1n) is 9.99. The summed E-state index contributed by atoms with van der Waals surface area (Å²) in [4.78, 5) is 17.0. The molecule has 1 N–H and O–H groups in total. The quantitative estimate of drug-likeness (QED) is 0.381. The molecule has 0 bridgehead atoms. The average molecular weight is 450 g/mol. The minimum Gasteiger partial charge on any atom is -0.302 e. The molecule has 2 heterocycles. The van der Waals surface area contributed by atoms with E-state index in [0.717, 1.165) is 34.3 Å². The van der Waals surface area contributed by atoms with Crippen LogP contribution in [0, 0.1) is 13.8 Å². The number of nitrogens with one attached hydrogen (secondary N) is 1. The zero-order valence-electron chi connectivity index (χ0n) is 17.6. The predicted molar refractivity (Wildman–Crippen MR) is 128 cm³/mol. The number of thiazole rings is 1. The number of hydrogen-bond donors (Lipinski definition) is 1. The van der Waals surface area contributed by atoms with Crippen molar-refractivity contribution in [2.45, 2.75) is 32.5 Å². The third-order valence-corrected chi connectivity index (χ3v) is 6.46. The van der Waals surface area contributed by atoms with Crippen LogP contribution in [0.2, 0.25) is 0 Å². The van der Waals surface area contributed by atoms with Gasteiger partial charge in [0.2, 0.25) is 5.91 Å². The van der Waals surface area contributed by atoms with E-state index >= 15 is 0 Å². The summed E-state index contributed by atoms with van der Waals surface area (Å²) in [6.45, 7) is 6.89. The van der Waals surface area contributed by atoms with Crippen molar-refractivity contribution < 1.29 is 4.79 Å². The van der Waals surface area contributed by atoms with Gasteiger partial charge >= 0.3 is 0 Å². The number of hydrogen-bond acceptors (Lipinski definition) is 6. The van der Waals surface area contributed by atoms with E-state index in [1.807, 2.05) is 34.2 Å². The standard InChI is InChI=1S/C23H23N5OS2/c1-4-28-21(18-7-5-6-16(3)12-18)26-27-23(28)31-14-20(29)25-22-24-19(13-30-22)17-10-8-15(2)9-11-17/h5-13H,4,14H2,1-3H3,(H,24,25,29). The van der Waals surface area contributed by atoms with Gasteiger partial charge < -0.3 is 9.88 Å². The van der Waals surface area contributed by atoms with Crippen LogP contribution in [0.15, 0.2) is 59.1 Å². The molecule has 0 atom stereocenters. The fourth-order valence-electron chi connectivity index (χ4n) is 3.15. The van der Waals surface area contributed by atoms with Crippen molar-refractivity contribution in [3.05, 3.63) is 65.0 Å². The maximum atomic E-state index is 12.5. The molecule has 31 heavy (non-hydrogen) atoms. The molecule has 0 aliphatic heterocycles. The molecular formula is C23H23N5OS2. The highest BCUT2D eigenvalue weighted by atomic mass is 32.2. The van der Waals surface area contributed by atoms with Crippen LogP contribution in [-0.4, -0.2) is 31.4 Å². The normalized spacial score (nSPS) is 10.9. The number of benzene rings is 2. The lowest BCUT2D eigenvalue weighted by Gasteiger charge is -2.07. The number of aryl methyl sites for hydroxylation is 2. The maximum Gasteiger partial charge on any atom is 0.236 e. The van der Waals surface area contributed by atoms with E-state index in [-0.39, 0.29) is 11.7 Å². The van der Waals surface area contributed by atoms with Gasteiger partial charge in [-0.25, -0.2) is 4.98 Å².